The van der Waals surface area contributed by atoms with Crippen LogP contribution in [0.2, 0.25) is 0 Å². The van der Waals surface area contributed by atoms with Crippen LogP contribution in [0, 0.1) is 17.3 Å². The maximum absolute atomic E-state index is 12.2. The van der Waals surface area contributed by atoms with E-state index in [0.717, 1.165) is 24.8 Å². The summed E-state index contributed by atoms with van der Waals surface area (Å²) in [5.41, 5.74) is 1.42. The molecule has 2 aliphatic carbocycles. The first-order valence-corrected chi connectivity index (χ1v) is 9.15. The van der Waals surface area contributed by atoms with E-state index in [1.54, 1.807) is 19.9 Å². The molecule has 3 aliphatic rings. The standard InChI is InChI=1S/C20H28O5/c1-6-10(2)18(22)24-14-8-7-13-9-15-16(11(3)19(23)25-15)17(21)20(13,5)12(14)4/h6,12-15,17,21H,7-9H2,1-5H3/b10-6-/t12-,13+,14-,15+,17+,20+/m0/s1. The fourth-order valence-electron chi connectivity index (χ4n) is 4.84. The van der Waals surface area contributed by atoms with E-state index in [2.05, 4.69) is 6.92 Å². The monoisotopic (exact) mass is 348 g/mol. The molecular weight excluding hydrogens is 320 g/mol. The highest BCUT2D eigenvalue weighted by Crippen LogP contribution is 2.57. The Morgan fingerprint density at radius 1 is 1.40 bits per heavy atom. The molecule has 1 N–H and O–H groups in total. The second kappa shape index (κ2) is 6.27. The van der Waals surface area contributed by atoms with Crippen molar-refractivity contribution < 1.29 is 24.2 Å². The summed E-state index contributed by atoms with van der Waals surface area (Å²) in [4.78, 5) is 24.1. The van der Waals surface area contributed by atoms with Crippen molar-refractivity contribution in [1.82, 2.24) is 0 Å². The van der Waals surface area contributed by atoms with Crippen molar-refractivity contribution in [3.63, 3.8) is 0 Å². The van der Waals surface area contributed by atoms with Gasteiger partial charge < -0.3 is 14.6 Å². The number of hydrogen-bond acceptors (Lipinski definition) is 5. The van der Waals surface area contributed by atoms with Crippen molar-refractivity contribution in [2.75, 3.05) is 0 Å². The molecule has 25 heavy (non-hydrogen) atoms. The number of rotatable bonds is 2. The molecule has 2 saturated carbocycles. The van der Waals surface area contributed by atoms with E-state index in [0.29, 0.717) is 11.1 Å². The molecule has 0 unspecified atom stereocenters. The highest BCUT2D eigenvalue weighted by atomic mass is 16.6. The van der Waals surface area contributed by atoms with Crippen LogP contribution in [0.5, 0.6) is 0 Å². The Labute approximate surface area is 149 Å². The van der Waals surface area contributed by atoms with E-state index in [1.807, 2.05) is 13.8 Å². The number of ether oxygens (including phenoxy) is 2. The van der Waals surface area contributed by atoms with Gasteiger partial charge in [0.05, 0.1) is 6.10 Å². The van der Waals surface area contributed by atoms with Gasteiger partial charge in [-0.05, 0) is 46.0 Å². The highest BCUT2D eigenvalue weighted by Gasteiger charge is 2.59. The Bertz CT molecular complexity index is 661. The molecule has 0 radical (unpaired) electrons. The fourth-order valence-corrected chi connectivity index (χ4v) is 4.84. The van der Waals surface area contributed by atoms with Crippen molar-refractivity contribution in [1.29, 1.82) is 0 Å². The van der Waals surface area contributed by atoms with Gasteiger partial charge in [-0.25, -0.2) is 9.59 Å². The van der Waals surface area contributed by atoms with Gasteiger partial charge >= 0.3 is 11.9 Å². The molecule has 0 aromatic heterocycles. The van der Waals surface area contributed by atoms with E-state index < -0.39 is 11.5 Å². The van der Waals surface area contributed by atoms with Crippen LogP contribution < -0.4 is 0 Å². The lowest BCUT2D eigenvalue weighted by Crippen LogP contribution is -2.57. The number of fused-ring (bicyclic) bond motifs is 2. The number of carbonyl (C=O) groups is 2. The predicted molar refractivity (Wildman–Crippen MR) is 92.5 cm³/mol. The number of esters is 2. The van der Waals surface area contributed by atoms with Gasteiger partial charge in [-0.15, -0.1) is 0 Å². The molecule has 5 heteroatoms. The van der Waals surface area contributed by atoms with Gasteiger partial charge in [-0.2, -0.15) is 0 Å². The summed E-state index contributed by atoms with van der Waals surface area (Å²) in [6, 6.07) is 0. The largest absolute Gasteiger partial charge is 0.459 e. The van der Waals surface area contributed by atoms with Gasteiger partial charge in [0.25, 0.3) is 0 Å². The minimum atomic E-state index is -0.748. The Hall–Kier alpha value is -1.62. The van der Waals surface area contributed by atoms with Crippen LogP contribution in [0.3, 0.4) is 0 Å². The molecule has 1 aliphatic heterocycles. The molecule has 2 fully saturated rings. The lowest BCUT2D eigenvalue weighted by atomic mass is 9.52. The third-order valence-electron chi connectivity index (χ3n) is 6.95. The van der Waals surface area contributed by atoms with Crippen molar-refractivity contribution in [3.05, 3.63) is 22.8 Å². The first-order chi connectivity index (χ1) is 11.7. The van der Waals surface area contributed by atoms with E-state index in [1.165, 1.54) is 0 Å². The number of aliphatic hydroxyl groups is 1. The molecule has 0 aromatic rings. The summed E-state index contributed by atoms with van der Waals surface area (Å²) in [6.07, 6.45) is 2.84. The molecule has 0 bridgehead atoms. The first-order valence-electron chi connectivity index (χ1n) is 9.15. The highest BCUT2D eigenvalue weighted by molar-refractivity contribution is 5.92. The Kier molecular flexibility index (Phi) is 4.56. The molecule has 0 amide bonds. The number of carbonyl (C=O) groups excluding carboxylic acids is 2. The fraction of sp³-hybridized carbons (Fsp3) is 0.700. The Morgan fingerprint density at radius 3 is 2.72 bits per heavy atom. The minimum Gasteiger partial charge on any atom is -0.459 e. The average molecular weight is 348 g/mol. The van der Waals surface area contributed by atoms with E-state index in [-0.39, 0.29) is 36.0 Å². The number of hydrogen-bond donors (Lipinski definition) is 1. The molecule has 1 heterocycles. The summed E-state index contributed by atoms with van der Waals surface area (Å²) < 4.78 is 11.2. The van der Waals surface area contributed by atoms with Gasteiger partial charge in [0.15, 0.2) is 0 Å². The average Bonchev–Trinajstić information content (AvgIpc) is 2.86. The minimum absolute atomic E-state index is 0.00759. The van der Waals surface area contributed by atoms with Crippen molar-refractivity contribution in [3.8, 4) is 0 Å². The molecule has 138 valence electrons. The molecule has 0 spiro atoms. The molecular formula is C20H28O5. The first kappa shape index (κ1) is 18.2. The Balaban J connectivity index is 1.88. The topological polar surface area (TPSA) is 72.8 Å². The lowest BCUT2D eigenvalue weighted by Gasteiger charge is -2.55. The van der Waals surface area contributed by atoms with Crippen molar-refractivity contribution >= 4 is 11.9 Å². The van der Waals surface area contributed by atoms with Crippen LogP contribution in [0.15, 0.2) is 22.8 Å². The SMILES string of the molecule is C/C=C(/C)C(=O)O[C@H]1CC[C@@H]2C[C@H]3OC(=O)C(C)=C3[C@@H](O)[C@]2(C)[C@H]1C. The summed E-state index contributed by atoms with van der Waals surface area (Å²) in [7, 11) is 0. The van der Waals surface area contributed by atoms with Crippen molar-refractivity contribution in [2.45, 2.75) is 72.2 Å². The van der Waals surface area contributed by atoms with Gasteiger partial charge in [0.1, 0.15) is 12.2 Å². The maximum Gasteiger partial charge on any atom is 0.334 e. The van der Waals surface area contributed by atoms with Crippen LogP contribution in [0.4, 0.5) is 0 Å². The summed E-state index contributed by atoms with van der Waals surface area (Å²) in [5, 5.41) is 11.2. The smallest absolute Gasteiger partial charge is 0.334 e. The normalized spacial score (nSPS) is 41.1. The molecule has 3 rings (SSSR count). The van der Waals surface area contributed by atoms with E-state index >= 15 is 0 Å². The Morgan fingerprint density at radius 2 is 2.08 bits per heavy atom. The zero-order chi connectivity index (χ0) is 18.5. The lowest BCUT2D eigenvalue weighted by molar-refractivity contribution is -0.172. The molecule has 6 atom stereocenters. The predicted octanol–water partition coefficient (Wildman–Crippen LogP) is 2.92. The molecule has 0 aromatic carbocycles. The van der Waals surface area contributed by atoms with Crippen LogP contribution in [-0.4, -0.2) is 35.4 Å². The second-order valence-electron chi connectivity index (χ2n) is 7.96. The van der Waals surface area contributed by atoms with E-state index in [9.17, 15) is 14.7 Å². The maximum atomic E-state index is 12.2. The zero-order valence-corrected chi connectivity index (χ0v) is 15.7. The number of allylic oxidation sites excluding steroid dienone is 1. The van der Waals surface area contributed by atoms with Gasteiger partial charge in [-0.3, -0.25) is 0 Å². The summed E-state index contributed by atoms with van der Waals surface area (Å²) in [6.45, 7) is 9.40. The second-order valence-corrected chi connectivity index (χ2v) is 7.96. The van der Waals surface area contributed by atoms with E-state index in [4.69, 9.17) is 9.47 Å². The van der Waals surface area contributed by atoms with Crippen LogP contribution >= 0.6 is 0 Å². The molecule has 0 saturated heterocycles. The third kappa shape index (κ3) is 2.64. The van der Waals surface area contributed by atoms with Crippen LogP contribution in [0.1, 0.15) is 53.9 Å². The zero-order valence-electron chi connectivity index (χ0n) is 15.7. The molecule has 5 nitrogen and oxygen atoms in total. The van der Waals surface area contributed by atoms with Crippen molar-refractivity contribution in [2.24, 2.45) is 17.3 Å². The van der Waals surface area contributed by atoms with Gasteiger partial charge in [-0.1, -0.05) is 19.9 Å². The van der Waals surface area contributed by atoms with Crippen LogP contribution in [-0.2, 0) is 19.1 Å². The van der Waals surface area contributed by atoms with Gasteiger partial charge in [0, 0.05) is 28.1 Å². The third-order valence-corrected chi connectivity index (χ3v) is 6.95. The van der Waals surface area contributed by atoms with Crippen LogP contribution in [0.25, 0.3) is 0 Å². The quantitative estimate of drug-likeness (QED) is 0.613. The summed E-state index contributed by atoms with van der Waals surface area (Å²) >= 11 is 0. The van der Waals surface area contributed by atoms with Gasteiger partial charge in [0.2, 0.25) is 0 Å². The summed E-state index contributed by atoms with van der Waals surface area (Å²) in [5.74, 6) is -0.380. The number of aliphatic hydroxyl groups excluding tert-OH is 1.